The quantitative estimate of drug-likeness (QED) is 0.489. The van der Waals surface area contributed by atoms with Crippen LogP contribution in [0.5, 0.6) is 0 Å². The zero-order valence-electron chi connectivity index (χ0n) is 7.01. The lowest BCUT2D eigenvalue weighted by molar-refractivity contribution is 0.523. The third-order valence-corrected chi connectivity index (χ3v) is 1.52. The van der Waals surface area contributed by atoms with Crippen molar-refractivity contribution in [3.05, 3.63) is 23.7 Å². The highest BCUT2D eigenvalue weighted by Crippen LogP contribution is 2.09. The molecule has 1 heterocycles. The predicted octanol–water partition coefficient (Wildman–Crippen LogP) is 1.47. The molecule has 0 bridgehead atoms. The largest absolute Gasteiger partial charge is 0.461 e. The Morgan fingerprint density at radius 2 is 2.18 bits per heavy atom. The van der Waals surface area contributed by atoms with E-state index in [9.17, 15) is 0 Å². The predicted molar refractivity (Wildman–Crippen MR) is 44.0 cm³/mol. The molecule has 1 N–H and O–H groups in total. The fourth-order valence-corrected chi connectivity index (χ4v) is 0.818. The normalized spacial score (nSPS) is 9.73. The van der Waals surface area contributed by atoms with E-state index >= 15 is 0 Å². The number of amidine groups is 1. The van der Waals surface area contributed by atoms with Crippen molar-refractivity contribution < 1.29 is 4.42 Å². The first kappa shape index (κ1) is 7.85. The van der Waals surface area contributed by atoms with Crippen molar-refractivity contribution in [3.8, 4) is 0 Å². The summed E-state index contributed by atoms with van der Waals surface area (Å²) in [4.78, 5) is 1.71. The number of hydrogen-bond donors (Lipinski definition) is 1. The lowest BCUT2D eigenvalue weighted by Crippen LogP contribution is -2.21. The van der Waals surface area contributed by atoms with Crippen molar-refractivity contribution in [1.82, 2.24) is 4.90 Å². The number of furan rings is 1. The van der Waals surface area contributed by atoms with Gasteiger partial charge in [0.1, 0.15) is 0 Å². The van der Waals surface area contributed by atoms with Gasteiger partial charge in [-0.25, -0.2) is 0 Å². The summed E-state index contributed by atoms with van der Waals surface area (Å²) in [5, 5.41) is 7.57. The van der Waals surface area contributed by atoms with Gasteiger partial charge in [-0.1, -0.05) is 0 Å². The molecule has 0 aliphatic heterocycles. The van der Waals surface area contributed by atoms with Crippen molar-refractivity contribution in [2.24, 2.45) is 0 Å². The van der Waals surface area contributed by atoms with E-state index in [0.29, 0.717) is 11.6 Å². The van der Waals surface area contributed by atoms with Crippen LogP contribution in [0.4, 0.5) is 0 Å². The molecular weight excluding hydrogens is 140 g/mol. The summed E-state index contributed by atoms with van der Waals surface area (Å²) >= 11 is 0. The van der Waals surface area contributed by atoms with Gasteiger partial charge < -0.3 is 9.32 Å². The summed E-state index contributed by atoms with van der Waals surface area (Å²) in [6.07, 6.45) is 1.60. The maximum Gasteiger partial charge on any atom is 0.171 e. The van der Waals surface area contributed by atoms with Gasteiger partial charge in [0.15, 0.2) is 11.6 Å². The second-order valence-electron chi connectivity index (χ2n) is 2.68. The summed E-state index contributed by atoms with van der Waals surface area (Å²) in [6.45, 7) is 1.93. The Morgan fingerprint density at radius 3 is 2.55 bits per heavy atom. The van der Waals surface area contributed by atoms with Crippen LogP contribution in [0.3, 0.4) is 0 Å². The van der Waals surface area contributed by atoms with Crippen LogP contribution in [0.25, 0.3) is 0 Å². The lowest BCUT2D eigenvalue weighted by atomic mass is 10.2. The van der Waals surface area contributed by atoms with Gasteiger partial charge in [0.2, 0.25) is 0 Å². The van der Waals surface area contributed by atoms with E-state index in [4.69, 9.17) is 9.83 Å². The molecule has 0 fully saturated rings. The Balaban J connectivity index is 2.93. The second kappa shape index (κ2) is 2.78. The highest BCUT2D eigenvalue weighted by Gasteiger charge is 2.09. The van der Waals surface area contributed by atoms with Gasteiger partial charge in [0, 0.05) is 14.1 Å². The lowest BCUT2D eigenvalue weighted by Gasteiger charge is -2.11. The monoisotopic (exact) mass is 152 g/mol. The van der Waals surface area contributed by atoms with E-state index in [0.717, 1.165) is 5.56 Å². The number of nitrogens with one attached hydrogen (secondary N) is 1. The fraction of sp³-hybridized carbons (Fsp3) is 0.375. The minimum absolute atomic E-state index is 0.410. The number of hydrogen-bond acceptors (Lipinski definition) is 2. The van der Waals surface area contributed by atoms with Gasteiger partial charge in [-0.2, -0.15) is 0 Å². The average molecular weight is 152 g/mol. The number of nitrogens with zero attached hydrogens (tertiary/aromatic N) is 1. The van der Waals surface area contributed by atoms with E-state index in [-0.39, 0.29) is 0 Å². The summed E-state index contributed by atoms with van der Waals surface area (Å²) in [5.74, 6) is 1.06. The Labute approximate surface area is 66.1 Å². The maximum atomic E-state index is 7.57. The van der Waals surface area contributed by atoms with Crippen LogP contribution in [0, 0.1) is 12.3 Å². The maximum absolute atomic E-state index is 7.57. The van der Waals surface area contributed by atoms with Crippen molar-refractivity contribution in [2.75, 3.05) is 14.1 Å². The molecule has 0 atom stereocenters. The summed E-state index contributed by atoms with van der Waals surface area (Å²) in [7, 11) is 3.65. The molecule has 1 aromatic rings. The standard InChI is InChI=1S/C8H12N2O/c1-6-4-5-11-7(6)8(9)10(2)3/h4-5,9H,1-3H3. The van der Waals surface area contributed by atoms with E-state index in [1.807, 2.05) is 27.1 Å². The average Bonchev–Trinajstić information content (AvgIpc) is 2.33. The molecule has 0 spiro atoms. The number of rotatable bonds is 1. The second-order valence-corrected chi connectivity index (χ2v) is 2.68. The zero-order chi connectivity index (χ0) is 8.43. The van der Waals surface area contributed by atoms with Gasteiger partial charge in [-0.05, 0) is 18.6 Å². The molecule has 0 aliphatic rings. The summed E-state index contributed by atoms with van der Waals surface area (Å²) < 4.78 is 5.12. The topological polar surface area (TPSA) is 40.2 Å². The van der Waals surface area contributed by atoms with Crippen LogP contribution in [-0.2, 0) is 0 Å². The Hall–Kier alpha value is -1.25. The van der Waals surface area contributed by atoms with Gasteiger partial charge >= 0.3 is 0 Å². The van der Waals surface area contributed by atoms with Gasteiger partial charge in [-0.3, -0.25) is 5.41 Å². The molecule has 0 radical (unpaired) electrons. The molecule has 11 heavy (non-hydrogen) atoms. The molecule has 0 aliphatic carbocycles. The van der Waals surface area contributed by atoms with Crippen molar-refractivity contribution in [1.29, 1.82) is 5.41 Å². The van der Waals surface area contributed by atoms with Crippen LogP contribution in [0.15, 0.2) is 16.7 Å². The minimum atomic E-state index is 0.410. The molecule has 0 unspecified atom stereocenters. The zero-order valence-corrected chi connectivity index (χ0v) is 7.01. The number of aryl methyl sites for hydroxylation is 1. The summed E-state index contributed by atoms with van der Waals surface area (Å²) in [5.41, 5.74) is 1.00. The van der Waals surface area contributed by atoms with Gasteiger partial charge in [-0.15, -0.1) is 0 Å². The van der Waals surface area contributed by atoms with Crippen LogP contribution in [0.1, 0.15) is 11.3 Å². The third-order valence-electron chi connectivity index (χ3n) is 1.52. The molecule has 60 valence electrons. The molecule has 1 aromatic heterocycles. The van der Waals surface area contributed by atoms with E-state index < -0.39 is 0 Å². The van der Waals surface area contributed by atoms with Crippen molar-refractivity contribution in [2.45, 2.75) is 6.92 Å². The molecule has 0 saturated heterocycles. The molecule has 3 heteroatoms. The summed E-state index contributed by atoms with van der Waals surface area (Å²) in [6, 6.07) is 1.85. The van der Waals surface area contributed by atoms with Crippen molar-refractivity contribution >= 4 is 5.84 Å². The molecule has 0 amide bonds. The van der Waals surface area contributed by atoms with E-state index in [2.05, 4.69) is 0 Å². The van der Waals surface area contributed by atoms with Gasteiger partial charge in [0.05, 0.1) is 6.26 Å². The first-order valence-corrected chi connectivity index (χ1v) is 3.43. The Kier molecular flexibility index (Phi) is 1.98. The highest BCUT2D eigenvalue weighted by atomic mass is 16.3. The third kappa shape index (κ3) is 1.42. The molecule has 0 saturated carbocycles. The first-order valence-electron chi connectivity index (χ1n) is 3.43. The van der Waals surface area contributed by atoms with Crippen LogP contribution >= 0.6 is 0 Å². The Morgan fingerprint density at radius 1 is 1.55 bits per heavy atom. The highest BCUT2D eigenvalue weighted by molar-refractivity contribution is 5.94. The smallest absolute Gasteiger partial charge is 0.171 e. The van der Waals surface area contributed by atoms with Crippen molar-refractivity contribution in [3.63, 3.8) is 0 Å². The Bertz CT molecular complexity index is 263. The van der Waals surface area contributed by atoms with Crippen LogP contribution in [0.2, 0.25) is 0 Å². The first-order chi connectivity index (χ1) is 5.13. The molecule has 1 rings (SSSR count). The van der Waals surface area contributed by atoms with Crippen LogP contribution < -0.4 is 0 Å². The SMILES string of the molecule is Cc1ccoc1C(=N)N(C)C. The fourth-order valence-electron chi connectivity index (χ4n) is 0.818. The molecule has 0 aromatic carbocycles. The molecule has 3 nitrogen and oxygen atoms in total. The van der Waals surface area contributed by atoms with E-state index in [1.165, 1.54) is 0 Å². The van der Waals surface area contributed by atoms with Gasteiger partial charge in [0.25, 0.3) is 0 Å². The minimum Gasteiger partial charge on any atom is -0.461 e. The molecular formula is C8H12N2O. The van der Waals surface area contributed by atoms with Crippen LogP contribution in [-0.4, -0.2) is 24.8 Å². The van der Waals surface area contributed by atoms with E-state index in [1.54, 1.807) is 11.2 Å².